The fourth-order valence-corrected chi connectivity index (χ4v) is 3.26. The van der Waals surface area contributed by atoms with Crippen LogP contribution in [0.2, 0.25) is 5.02 Å². The Hall–Kier alpha value is -2.46. The molecule has 0 saturated carbocycles. The maximum atomic E-state index is 6.19. The summed E-state index contributed by atoms with van der Waals surface area (Å²) in [4.78, 5) is 0. The number of fused-ring (bicyclic) bond motifs is 3. The average molecular weight is 326 g/mol. The number of halogens is 1. The van der Waals surface area contributed by atoms with Crippen molar-refractivity contribution < 1.29 is 4.74 Å². The highest BCUT2D eigenvalue weighted by Crippen LogP contribution is 2.40. The van der Waals surface area contributed by atoms with E-state index < -0.39 is 0 Å². The molecule has 1 heterocycles. The summed E-state index contributed by atoms with van der Waals surface area (Å²) in [6.07, 6.45) is 0.883. The van der Waals surface area contributed by atoms with Crippen molar-refractivity contribution in [1.29, 1.82) is 0 Å². The fourth-order valence-electron chi connectivity index (χ4n) is 3.01. The highest BCUT2D eigenvalue weighted by atomic mass is 35.5. The number of anilines is 2. The fraction of sp³-hybridized carbons (Fsp3) is 0.167. The maximum absolute atomic E-state index is 6.19. The molecule has 1 aliphatic carbocycles. The first kappa shape index (κ1) is 14.2. The Labute approximate surface area is 139 Å². The Morgan fingerprint density at radius 3 is 2.87 bits per heavy atom. The van der Waals surface area contributed by atoms with Gasteiger partial charge in [0, 0.05) is 23.2 Å². The Bertz CT molecular complexity index is 901. The lowest BCUT2D eigenvalue weighted by atomic mass is 10.1. The number of hydrogen-bond acceptors (Lipinski definition) is 3. The number of aromatic amines is 1. The molecule has 3 aromatic rings. The van der Waals surface area contributed by atoms with Gasteiger partial charge in [-0.2, -0.15) is 5.10 Å². The van der Waals surface area contributed by atoms with Crippen LogP contribution in [0.25, 0.3) is 11.3 Å². The number of methoxy groups -OCH3 is 1. The number of H-pyrrole nitrogens is 1. The predicted octanol–water partition coefficient (Wildman–Crippen LogP) is 4.69. The second-order valence-electron chi connectivity index (χ2n) is 5.74. The Morgan fingerprint density at radius 1 is 1.22 bits per heavy atom. The van der Waals surface area contributed by atoms with Gasteiger partial charge in [0.15, 0.2) is 0 Å². The van der Waals surface area contributed by atoms with Crippen molar-refractivity contribution in [3.05, 3.63) is 58.1 Å². The van der Waals surface area contributed by atoms with E-state index in [0.717, 1.165) is 23.6 Å². The first-order chi connectivity index (χ1) is 11.2. The molecule has 2 N–H and O–H groups in total. The van der Waals surface area contributed by atoms with Crippen LogP contribution in [0.15, 0.2) is 36.4 Å². The topological polar surface area (TPSA) is 49.9 Å². The molecule has 4 nitrogen and oxygen atoms in total. The minimum atomic E-state index is 0.576. The van der Waals surface area contributed by atoms with E-state index in [-0.39, 0.29) is 0 Å². The van der Waals surface area contributed by atoms with Crippen LogP contribution < -0.4 is 10.1 Å². The van der Waals surface area contributed by atoms with E-state index in [2.05, 4.69) is 40.6 Å². The smallest absolute Gasteiger partial charge is 0.137 e. The van der Waals surface area contributed by atoms with Gasteiger partial charge in [0.25, 0.3) is 0 Å². The van der Waals surface area contributed by atoms with Crippen molar-refractivity contribution in [2.24, 2.45) is 0 Å². The Morgan fingerprint density at radius 2 is 2.09 bits per heavy atom. The van der Waals surface area contributed by atoms with Crippen molar-refractivity contribution in [3.63, 3.8) is 0 Å². The molecule has 0 unspecified atom stereocenters. The van der Waals surface area contributed by atoms with E-state index in [0.29, 0.717) is 10.8 Å². The van der Waals surface area contributed by atoms with Crippen LogP contribution in [0.5, 0.6) is 5.75 Å². The number of nitrogens with one attached hydrogen (secondary N) is 2. The summed E-state index contributed by atoms with van der Waals surface area (Å²) in [7, 11) is 1.61. The minimum Gasteiger partial charge on any atom is -0.495 e. The summed E-state index contributed by atoms with van der Waals surface area (Å²) in [5.41, 5.74) is 6.91. The molecular weight excluding hydrogens is 310 g/mol. The Balaban J connectivity index is 1.67. The molecule has 0 spiro atoms. The number of ether oxygens (including phenoxy) is 1. The van der Waals surface area contributed by atoms with Gasteiger partial charge in [0.2, 0.25) is 0 Å². The zero-order valence-corrected chi connectivity index (χ0v) is 13.7. The van der Waals surface area contributed by atoms with E-state index in [1.165, 1.54) is 22.3 Å². The molecule has 0 radical (unpaired) electrons. The first-order valence-electron chi connectivity index (χ1n) is 7.43. The molecule has 116 valence electrons. The third-order valence-electron chi connectivity index (χ3n) is 4.18. The first-order valence-corrected chi connectivity index (χ1v) is 7.81. The molecule has 0 atom stereocenters. The summed E-state index contributed by atoms with van der Waals surface area (Å²) >= 11 is 6.19. The molecule has 0 saturated heterocycles. The highest BCUT2D eigenvalue weighted by Gasteiger charge is 2.24. The van der Waals surface area contributed by atoms with E-state index in [1.807, 2.05) is 18.2 Å². The van der Waals surface area contributed by atoms with Crippen molar-refractivity contribution in [2.75, 3.05) is 12.4 Å². The Kier molecular flexibility index (Phi) is 3.27. The van der Waals surface area contributed by atoms with E-state index >= 15 is 0 Å². The van der Waals surface area contributed by atoms with Crippen LogP contribution in [-0.2, 0) is 6.42 Å². The van der Waals surface area contributed by atoms with Crippen LogP contribution >= 0.6 is 11.6 Å². The minimum absolute atomic E-state index is 0.576. The van der Waals surface area contributed by atoms with Gasteiger partial charge in [-0.3, -0.25) is 5.10 Å². The molecule has 5 heteroatoms. The van der Waals surface area contributed by atoms with Gasteiger partial charge >= 0.3 is 0 Å². The second kappa shape index (κ2) is 5.32. The molecule has 23 heavy (non-hydrogen) atoms. The molecule has 0 amide bonds. The van der Waals surface area contributed by atoms with E-state index in [1.54, 1.807) is 7.11 Å². The molecule has 1 aliphatic rings. The summed E-state index contributed by atoms with van der Waals surface area (Å²) < 4.78 is 5.18. The van der Waals surface area contributed by atoms with Crippen molar-refractivity contribution in [2.45, 2.75) is 13.3 Å². The van der Waals surface area contributed by atoms with Crippen LogP contribution in [0.1, 0.15) is 16.7 Å². The van der Waals surface area contributed by atoms with Gasteiger partial charge in [-0.15, -0.1) is 0 Å². The molecule has 2 aromatic carbocycles. The van der Waals surface area contributed by atoms with Crippen LogP contribution in [-0.4, -0.2) is 17.3 Å². The molecule has 0 bridgehead atoms. The van der Waals surface area contributed by atoms with Crippen LogP contribution in [0.4, 0.5) is 11.5 Å². The summed E-state index contributed by atoms with van der Waals surface area (Å²) in [6.45, 7) is 2.10. The second-order valence-corrected chi connectivity index (χ2v) is 6.14. The maximum Gasteiger partial charge on any atom is 0.137 e. The molecule has 0 aliphatic heterocycles. The lowest BCUT2D eigenvalue weighted by molar-refractivity contribution is 0.415. The van der Waals surface area contributed by atoms with E-state index in [9.17, 15) is 0 Å². The zero-order valence-electron chi connectivity index (χ0n) is 12.9. The molecule has 0 fully saturated rings. The molecule has 4 rings (SSSR count). The summed E-state index contributed by atoms with van der Waals surface area (Å²) in [5.74, 6) is 1.57. The number of aryl methyl sites for hydroxylation is 1. The number of aromatic nitrogens is 2. The lowest BCUT2D eigenvalue weighted by Gasteiger charge is -2.08. The van der Waals surface area contributed by atoms with Crippen molar-refractivity contribution in [3.8, 4) is 17.0 Å². The normalized spacial score (nSPS) is 12.0. The average Bonchev–Trinajstić information content (AvgIpc) is 3.08. The third-order valence-corrected chi connectivity index (χ3v) is 4.47. The predicted molar refractivity (Wildman–Crippen MR) is 92.9 cm³/mol. The number of hydrogen-bond donors (Lipinski definition) is 2. The summed E-state index contributed by atoms with van der Waals surface area (Å²) in [6, 6.07) is 12.1. The molecular formula is C18H16ClN3O. The monoisotopic (exact) mass is 325 g/mol. The van der Waals surface area contributed by atoms with Gasteiger partial charge in [-0.1, -0.05) is 29.3 Å². The van der Waals surface area contributed by atoms with Gasteiger partial charge in [0.05, 0.1) is 17.8 Å². The van der Waals surface area contributed by atoms with E-state index in [4.69, 9.17) is 16.3 Å². The van der Waals surface area contributed by atoms with Gasteiger partial charge < -0.3 is 10.1 Å². The molecule has 1 aromatic heterocycles. The standard InChI is InChI=1S/C18H16ClN3O/c1-10-3-4-11-8-14-17(13(11)7-10)21-22-18(14)20-12-5-6-16(23-2)15(19)9-12/h3-7,9H,8H2,1-2H3,(H2,20,21,22). The van der Waals surface area contributed by atoms with Gasteiger partial charge in [-0.25, -0.2) is 0 Å². The quantitative estimate of drug-likeness (QED) is 0.574. The highest BCUT2D eigenvalue weighted by molar-refractivity contribution is 6.32. The number of rotatable bonds is 3. The van der Waals surface area contributed by atoms with Crippen molar-refractivity contribution in [1.82, 2.24) is 10.2 Å². The SMILES string of the molecule is COc1ccc(Nc2[nH]nc3c2Cc2ccc(C)cc2-3)cc1Cl. The van der Waals surface area contributed by atoms with Gasteiger partial charge in [0.1, 0.15) is 11.6 Å². The van der Waals surface area contributed by atoms with Crippen LogP contribution in [0.3, 0.4) is 0 Å². The van der Waals surface area contributed by atoms with Crippen LogP contribution in [0, 0.1) is 6.92 Å². The third kappa shape index (κ3) is 2.35. The zero-order chi connectivity index (χ0) is 16.0. The van der Waals surface area contributed by atoms with Crippen molar-refractivity contribution >= 4 is 23.1 Å². The largest absolute Gasteiger partial charge is 0.495 e. The lowest BCUT2D eigenvalue weighted by Crippen LogP contribution is -1.95. The number of benzene rings is 2. The van der Waals surface area contributed by atoms with Gasteiger partial charge in [-0.05, 0) is 36.8 Å². The summed E-state index contributed by atoms with van der Waals surface area (Å²) in [5, 5.41) is 11.5. The number of nitrogens with zero attached hydrogens (tertiary/aromatic N) is 1.